The number of carbonyl (C=O) groups is 3. The molecule has 0 radical (unpaired) electrons. The number of allylic oxidation sites excluding steroid dienone is 2. The molecule has 8 nitrogen and oxygen atoms in total. The summed E-state index contributed by atoms with van der Waals surface area (Å²) in [6, 6.07) is 7.99. The van der Waals surface area contributed by atoms with Crippen molar-refractivity contribution in [2.24, 2.45) is 11.8 Å². The van der Waals surface area contributed by atoms with Crippen molar-refractivity contribution in [3.63, 3.8) is 0 Å². The number of likely N-dealkylation sites (tertiary alicyclic amines) is 2. The number of rotatable bonds is 6. The number of imide groups is 1. The molecule has 4 rings (SSSR count). The molecular formula is C22H27N3O5S. The molecule has 0 spiro atoms. The molecule has 0 aromatic heterocycles. The highest BCUT2D eigenvalue weighted by atomic mass is 32.2. The zero-order chi connectivity index (χ0) is 22.0. The molecule has 1 aromatic rings. The first-order chi connectivity index (χ1) is 14.9. The molecule has 0 bridgehead atoms. The van der Waals surface area contributed by atoms with Gasteiger partial charge in [-0.15, -0.1) is 0 Å². The normalized spacial score (nSPS) is 24.5. The number of benzene rings is 1. The van der Waals surface area contributed by atoms with Crippen LogP contribution in [0.2, 0.25) is 0 Å². The second-order valence-corrected chi connectivity index (χ2v) is 10.0. The Labute approximate surface area is 182 Å². The number of nitrogens with one attached hydrogen (secondary N) is 1. The van der Waals surface area contributed by atoms with Crippen LogP contribution in [0.3, 0.4) is 0 Å². The average molecular weight is 446 g/mol. The topological polar surface area (TPSA) is 104 Å². The van der Waals surface area contributed by atoms with Gasteiger partial charge in [-0.3, -0.25) is 19.3 Å². The maximum Gasteiger partial charge on any atom is 0.240 e. The van der Waals surface area contributed by atoms with Gasteiger partial charge in [0.15, 0.2) is 0 Å². The van der Waals surface area contributed by atoms with E-state index in [0.717, 1.165) is 0 Å². The van der Waals surface area contributed by atoms with Crippen molar-refractivity contribution in [1.82, 2.24) is 14.5 Å². The van der Waals surface area contributed by atoms with Crippen molar-refractivity contribution >= 4 is 27.7 Å². The molecule has 1 N–H and O–H groups in total. The van der Waals surface area contributed by atoms with Gasteiger partial charge in [0.1, 0.15) is 0 Å². The van der Waals surface area contributed by atoms with E-state index >= 15 is 0 Å². The fourth-order valence-electron chi connectivity index (χ4n) is 4.59. The highest BCUT2D eigenvalue weighted by molar-refractivity contribution is 7.89. The largest absolute Gasteiger partial charge is 0.343 e. The molecule has 1 aliphatic carbocycles. The molecule has 2 heterocycles. The van der Waals surface area contributed by atoms with E-state index in [0.29, 0.717) is 38.8 Å². The van der Waals surface area contributed by atoms with Crippen molar-refractivity contribution in [2.45, 2.75) is 43.0 Å². The molecular weight excluding hydrogens is 418 g/mol. The Bertz CT molecular complexity index is 958. The maximum atomic E-state index is 12.6. The van der Waals surface area contributed by atoms with Crippen LogP contribution in [0, 0.1) is 11.8 Å². The number of fused-ring (bicyclic) bond motifs is 1. The summed E-state index contributed by atoms with van der Waals surface area (Å²) in [4.78, 5) is 40.8. The molecule has 9 heteroatoms. The molecule has 0 unspecified atom stereocenters. The van der Waals surface area contributed by atoms with Gasteiger partial charge in [-0.1, -0.05) is 30.4 Å². The summed E-state index contributed by atoms with van der Waals surface area (Å²) in [5, 5.41) is 0. The van der Waals surface area contributed by atoms with Crippen LogP contribution in [-0.2, 0) is 24.4 Å². The molecule has 31 heavy (non-hydrogen) atoms. The van der Waals surface area contributed by atoms with Gasteiger partial charge in [-0.25, -0.2) is 13.1 Å². The summed E-state index contributed by atoms with van der Waals surface area (Å²) < 4.78 is 27.7. The van der Waals surface area contributed by atoms with E-state index in [-0.39, 0.29) is 53.5 Å². The summed E-state index contributed by atoms with van der Waals surface area (Å²) in [6.07, 6.45) is 6.21. The lowest BCUT2D eigenvalue weighted by atomic mass is 9.85. The van der Waals surface area contributed by atoms with E-state index < -0.39 is 10.0 Å². The third-order valence-corrected chi connectivity index (χ3v) is 7.91. The Balaban J connectivity index is 1.25. The minimum atomic E-state index is -3.58. The average Bonchev–Trinajstić information content (AvgIpc) is 3.03. The maximum absolute atomic E-state index is 12.6. The van der Waals surface area contributed by atoms with Gasteiger partial charge in [0.25, 0.3) is 0 Å². The Morgan fingerprint density at radius 3 is 2.13 bits per heavy atom. The Kier molecular flexibility index (Phi) is 6.24. The highest BCUT2D eigenvalue weighted by Crippen LogP contribution is 2.35. The van der Waals surface area contributed by atoms with E-state index in [1.165, 1.54) is 4.90 Å². The predicted octanol–water partition coefficient (Wildman–Crippen LogP) is 1.30. The first-order valence-corrected chi connectivity index (χ1v) is 12.2. The van der Waals surface area contributed by atoms with E-state index in [4.69, 9.17) is 0 Å². The summed E-state index contributed by atoms with van der Waals surface area (Å²) in [5.41, 5.74) is 0. The van der Waals surface area contributed by atoms with E-state index in [9.17, 15) is 22.8 Å². The van der Waals surface area contributed by atoms with Crippen LogP contribution in [-0.4, -0.2) is 61.6 Å². The number of sulfonamides is 1. The number of amides is 3. The third kappa shape index (κ3) is 4.57. The van der Waals surface area contributed by atoms with Crippen molar-refractivity contribution in [3.8, 4) is 0 Å². The zero-order valence-corrected chi connectivity index (χ0v) is 18.1. The second kappa shape index (κ2) is 8.92. The van der Waals surface area contributed by atoms with Gasteiger partial charge in [0.05, 0.1) is 16.7 Å². The number of nitrogens with zero attached hydrogens (tertiary/aromatic N) is 2. The minimum Gasteiger partial charge on any atom is -0.343 e. The van der Waals surface area contributed by atoms with Crippen LogP contribution in [0.1, 0.15) is 32.1 Å². The zero-order valence-electron chi connectivity index (χ0n) is 17.3. The molecule has 2 saturated heterocycles. The number of hydrogen-bond acceptors (Lipinski definition) is 5. The molecule has 2 fully saturated rings. The van der Waals surface area contributed by atoms with Crippen LogP contribution in [0.4, 0.5) is 0 Å². The van der Waals surface area contributed by atoms with Crippen molar-refractivity contribution in [1.29, 1.82) is 0 Å². The summed E-state index contributed by atoms with van der Waals surface area (Å²) >= 11 is 0. The van der Waals surface area contributed by atoms with Gasteiger partial charge in [-0.05, 0) is 37.8 Å². The first kappa shape index (κ1) is 21.7. The molecule has 2 atom stereocenters. The van der Waals surface area contributed by atoms with Crippen LogP contribution >= 0.6 is 0 Å². The van der Waals surface area contributed by atoms with E-state index in [1.54, 1.807) is 35.2 Å². The summed E-state index contributed by atoms with van der Waals surface area (Å²) in [7, 11) is -3.58. The van der Waals surface area contributed by atoms with Crippen molar-refractivity contribution < 1.29 is 22.8 Å². The monoisotopic (exact) mass is 445 g/mol. The molecule has 3 amide bonds. The molecule has 166 valence electrons. The fourth-order valence-corrected chi connectivity index (χ4v) is 5.91. The predicted molar refractivity (Wildman–Crippen MR) is 113 cm³/mol. The number of piperidine rings is 1. The Hall–Kier alpha value is -2.52. The highest BCUT2D eigenvalue weighted by Gasteiger charge is 2.47. The van der Waals surface area contributed by atoms with Gasteiger partial charge in [0, 0.05) is 32.1 Å². The second-order valence-electron chi connectivity index (χ2n) is 8.32. The first-order valence-electron chi connectivity index (χ1n) is 10.7. The SMILES string of the molecule is O=C(CCN1C(=O)[C@@H]2CC=CC[C@H]2C1=O)N1CCC(NS(=O)(=O)c2ccccc2)CC1. The van der Waals surface area contributed by atoms with Crippen molar-refractivity contribution in [3.05, 3.63) is 42.5 Å². The molecule has 1 aromatic carbocycles. The standard InChI is InChI=1S/C22H27N3O5S/c26-20(12-15-25-21(27)18-8-4-5-9-19(18)22(25)28)24-13-10-16(11-14-24)23-31(29,30)17-6-2-1-3-7-17/h1-7,16,18-19,23H,8-15H2/t18-,19-/m1/s1. The lowest BCUT2D eigenvalue weighted by molar-refractivity contribution is -0.141. The Morgan fingerprint density at radius 1 is 0.968 bits per heavy atom. The van der Waals surface area contributed by atoms with Gasteiger partial charge >= 0.3 is 0 Å². The molecule has 2 aliphatic heterocycles. The lowest BCUT2D eigenvalue weighted by Gasteiger charge is -2.32. The quantitative estimate of drug-likeness (QED) is 0.525. The minimum absolute atomic E-state index is 0.102. The van der Waals surface area contributed by atoms with Gasteiger partial charge in [0.2, 0.25) is 27.7 Å². The smallest absolute Gasteiger partial charge is 0.240 e. The fraction of sp³-hybridized carbons (Fsp3) is 0.500. The van der Waals surface area contributed by atoms with Gasteiger partial charge < -0.3 is 4.90 Å². The molecule has 3 aliphatic rings. The van der Waals surface area contributed by atoms with E-state index in [2.05, 4.69) is 4.72 Å². The number of hydrogen-bond donors (Lipinski definition) is 1. The van der Waals surface area contributed by atoms with Crippen molar-refractivity contribution in [2.75, 3.05) is 19.6 Å². The summed E-state index contributed by atoms with van der Waals surface area (Å²) in [5.74, 6) is -0.998. The lowest BCUT2D eigenvalue weighted by Crippen LogP contribution is -2.47. The molecule has 0 saturated carbocycles. The third-order valence-electron chi connectivity index (χ3n) is 6.37. The van der Waals surface area contributed by atoms with Crippen LogP contribution in [0.25, 0.3) is 0 Å². The summed E-state index contributed by atoms with van der Waals surface area (Å²) in [6.45, 7) is 1.000. The Morgan fingerprint density at radius 2 is 1.55 bits per heavy atom. The van der Waals surface area contributed by atoms with Crippen LogP contribution in [0.15, 0.2) is 47.4 Å². The van der Waals surface area contributed by atoms with E-state index in [1.807, 2.05) is 12.2 Å². The van der Waals surface area contributed by atoms with Crippen LogP contribution < -0.4 is 4.72 Å². The number of carbonyl (C=O) groups excluding carboxylic acids is 3. The van der Waals surface area contributed by atoms with Crippen LogP contribution in [0.5, 0.6) is 0 Å². The van der Waals surface area contributed by atoms with Gasteiger partial charge in [-0.2, -0.15) is 0 Å².